The molecule has 24 heavy (non-hydrogen) atoms. The van der Waals surface area contributed by atoms with Gasteiger partial charge >= 0.3 is 5.97 Å². The summed E-state index contributed by atoms with van der Waals surface area (Å²) in [5.41, 5.74) is 0.824. The summed E-state index contributed by atoms with van der Waals surface area (Å²) in [7, 11) is 1.78. The van der Waals surface area contributed by atoms with E-state index in [1.165, 1.54) is 0 Å². The summed E-state index contributed by atoms with van der Waals surface area (Å²) in [6.45, 7) is 2.45. The van der Waals surface area contributed by atoms with Gasteiger partial charge in [-0.25, -0.2) is 0 Å². The Bertz CT molecular complexity index is 684. The van der Waals surface area contributed by atoms with E-state index in [9.17, 15) is 14.4 Å². The molecular weight excluding hydrogens is 312 g/mol. The number of carboxylic acids is 1. The fourth-order valence-corrected chi connectivity index (χ4v) is 3.47. The molecule has 0 radical (unpaired) electrons. The Kier molecular flexibility index (Phi) is 4.29. The second-order valence-corrected chi connectivity index (χ2v) is 6.59. The average Bonchev–Trinajstić information content (AvgIpc) is 2.78. The molecule has 3 rings (SSSR count). The number of piperidine rings is 1. The van der Waals surface area contributed by atoms with Gasteiger partial charge in [-0.2, -0.15) is 5.10 Å². The van der Waals surface area contributed by atoms with Crippen LogP contribution in [0, 0.1) is 18.8 Å². The average molecular weight is 334 g/mol. The first-order valence-electron chi connectivity index (χ1n) is 8.23. The molecule has 1 aliphatic heterocycles. The van der Waals surface area contributed by atoms with E-state index in [2.05, 4.69) is 10.4 Å². The molecular formula is C16H22N4O4. The molecule has 8 nitrogen and oxygen atoms in total. The van der Waals surface area contributed by atoms with Gasteiger partial charge in [0.05, 0.1) is 17.5 Å². The van der Waals surface area contributed by atoms with Gasteiger partial charge in [0, 0.05) is 19.7 Å². The van der Waals surface area contributed by atoms with Crippen molar-refractivity contribution in [2.75, 3.05) is 11.4 Å². The van der Waals surface area contributed by atoms with Gasteiger partial charge in [-0.05, 0) is 32.6 Å². The Morgan fingerprint density at radius 2 is 2.00 bits per heavy atom. The first-order chi connectivity index (χ1) is 11.4. The fraction of sp³-hybridized carbons (Fsp3) is 0.625. The van der Waals surface area contributed by atoms with Gasteiger partial charge in [0.2, 0.25) is 5.91 Å². The number of hydrogen-bond acceptors (Lipinski definition) is 4. The third-order valence-electron chi connectivity index (χ3n) is 4.94. The lowest BCUT2D eigenvalue weighted by molar-refractivity contribution is -0.153. The van der Waals surface area contributed by atoms with Crippen LogP contribution in [0.5, 0.6) is 0 Å². The van der Waals surface area contributed by atoms with Gasteiger partial charge in [0.25, 0.3) is 5.91 Å². The van der Waals surface area contributed by atoms with Crippen molar-refractivity contribution >= 4 is 23.6 Å². The summed E-state index contributed by atoms with van der Waals surface area (Å²) in [5, 5.41) is 16.1. The number of nitrogens with one attached hydrogen (secondary N) is 1. The Labute approximate surface area is 139 Å². The fourth-order valence-electron chi connectivity index (χ4n) is 3.47. The SMILES string of the molecule is Cc1cc(N2CCCC(NC(=O)C3CCC3C(=O)O)C2=O)n(C)n1. The van der Waals surface area contributed by atoms with Crippen LogP contribution >= 0.6 is 0 Å². The number of rotatable bonds is 4. The predicted molar refractivity (Wildman–Crippen MR) is 85.3 cm³/mol. The van der Waals surface area contributed by atoms with Crippen molar-refractivity contribution < 1.29 is 19.5 Å². The van der Waals surface area contributed by atoms with Crippen molar-refractivity contribution in [2.45, 2.75) is 38.6 Å². The maximum absolute atomic E-state index is 12.7. The largest absolute Gasteiger partial charge is 0.481 e. The summed E-state index contributed by atoms with van der Waals surface area (Å²) in [5.74, 6) is -1.87. The molecule has 2 heterocycles. The molecule has 1 aromatic heterocycles. The van der Waals surface area contributed by atoms with Crippen LogP contribution < -0.4 is 10.2 Å². The predicted octanol–water partition coefficient (Wildman–Crippen LogP) is 0.451. The molecule has 1 saturated carbocycles. The molecule has 2 amide bonds. The molecule has 2 aliphatic rings. The first-order valence-corrected chi connectivity index (χ1v) is 8.23. The number of carboxylic acid groups (broad SMARTS) is 1. The summed E-state index contributed by atoms with van der Waals surface area (Å²) in [6, 6.07) is 1.24. The highest BCUT2D eigenvalue weighted by Gasteiger charge is 2.43. The van der Waals surface area contributed by atoms with Crippen LogP contribution in [0.3, 0.4) is 0 Å². The Balaban J connectivity index is 1.68. The van der Waals surface area contributed by atoms with Crippen molar-refractivity contribution in [1.82, 2.24) is 15.1 Å². The summed E-state index contributed by atoms with van der Waals surface area (Å²) >= 11 is 0. The quantitative estimate of drug-likeness (QED) is 0.832. The molecule has 8 heteroatoms. The van der Waals surface area contributed by atoms with E-state index in [0.29, 0.717) is 31.6 Å². The number of aromatic nitrogens is 2. The Morgan fingerprint density at radius 1 is 1.29 bits per heavy atom. The van der Waals surface area contributed by atoms with Crippen LogP contribution in [0.25, 0.3) is 0 Å². The molecule has 3 atom stereocenters. The van der Waals surface area contributed by atoms with E-state index in [4.69, 9.17) is 5.11 Å². The molecule has 1 aliphatic carbocycles. The molecule has 1 aromatic rings. The van der Waals surface area contributed by atoms with E-state index in [0.717, 1.165) is 12.1 Å². The van der Waals surface area contributed by atoms with E-state index in [1.54, 1.807) is 16.6 Å². The second kappa shape index (κ2) is 6.26. The van der Waals surface area contributed by atoms with Gasteiger partial charge < -0.3 is 10.4 Å². The zero-order valence-electron chi connectivity index (χ0n) is 13.9. The highest BCUT2D eigenvalue weighted by atomic mass is 16.4. The number of carbonyl (C=O) groups is 3. The Morgan fingerprint density at radius 3 is 2.54 bits per heavy atom. The molecule has 0 aromatic carbocycles. The molecule has 130 valence electrons. The van der Waals surface area contributed by atoms with E-state index < -0.39 is 23.8 Å². The molecule has 0 bridgehead atoms. The van der Waals surface area contributed by atoms with Gasteiger partial charge in [0.1, 0.15) is 11.9 Å². The summed E-state index contributed by atoms with van der Waals surface area (Å²) < 4.78 is 1.66. The summed E-state index contributed by atoms with van der Waals surface area (Å²) in [4.78, 5) is 37.7. The normalized spacial score (nSPS) is 26.8. The monoisotopic (exact) mass is 334 g/mol. The van der Waals surface area contributed by atoms with Crippen LogP contribution in [0.15, 0.2) is 6.07 Å². The van der Waals surface area contributed by atoms with E-state index >= 15 is 0 Å². The van der Waals surface area contributed by atoms with E-state index in [-0.39, 0.29) is 11.8 Å². The number of carbonyl (C=O) groups excluding carboxylic acids is 2. The number of aliphatic carboxylic acids is 1. The number of nitrogens with zero attached hydrogens (tertiary/aromatic N) is 3. The van der Waals surface area contributed by atoms with Gasteiger partial charge in [0.15, 0.2) is 0 Å². The lowest BCUT2D eigenvalue weighted by Gasteiger charge is -2.36. The third-order valence-corrected chi connectivity index (χ3v) is 4.94. The maximum Gasteiger partial charge on any atom is 0.307 e. The number of amides is 2. The van der Waals surface area contributed by atoms with Gasteiger partial charge in [-0.3, -0.25) is 24.0 Å². The van der Waals surface area contributed by atoms with Crippen molar-refractivity contribution in [1.29, 1.82) is 0 Å². The minimum atomic E-state index is -0.941. The smallest absolute Gasteiger partial charge is 0.307 e. The van der Waals surface area contributed by atoms with Crippen molar-refractivity contribution in [3.05, 3.63) is 11.8 Å². The molecule has 1 saturated heterocycles. The minimum absolute atomic E-state index is 0.163. The summed E-state index contributed by atoms with van der Waals surface area (Å²) in [6.07, 6.45) is 2.43. The zero-order chi connectivity index (χ0) is 17.4. The van der Waals surface area contributed by atoms with E-state index in [1.807, 2.05) is 13.0 Å². The van der Waals surface area contributed by atoms with Crippen LogP contribution in [0.2, 0.25) is 0 Å². The van der Waals surface area contributed by atoms with Crippen LogP contribution in [-0.4, -0.2) is 45.3 Å². The van der Waals surface area contributed by atoms with Crippen LogP contribution in [0.4, 0.5) is 5.82 Å². The number of anilines is 1. The molecule has 0 spiro atoms. The minimum Gasteiger partial charge on any atom is -0.481 e. The highest BCUT2D eigenvalue weighted by molar-refractivity contribution is 6.00. The first kappa shape index (κ1) is 16.5. The lowest BCUT2D eigenvalue weighted by atomic mass is 9.73. The van der Waals surface area contributed by atoms with Crippen molar-refractivity contribution in [3.63, 3.8) is 0 Å². The Hall–Kier alpha value is -2.38. The molecule has 2 N–H and O–H groups in total. The standard InChI is InChI=1S/C16H22N4O4/c1-9-8-13(19(2)18-9)20-7-3-4-12(15(20)22)17-14(21)10-5-6-11(10)16(23)24/h8,10-12H,3-7H2,1-2H3,(H,17,21)(H,23,24). The third kappa shape index (κ3) is 2.88. The zero-order valence-corrected chi connectivity index (χ0v) is 13.9. The van der Waals surface area contributed by atoms with Gasteiger partial charge in [-0.15, -0.1) is 0 Å². The maximum atomic E-state index is 12.7. The lowest BCUT2D eigenvalue weighted by Crippen LogP contribution is -2.55. The molecule has 2 fully saturated rings. The topological polar surface area (TPSA) is 105 Å². The van der Waals surface area contributed by atoms with Crippen molar-refractivity contribution in [2.24, 2.45) is 18.9 Å². The van der Waals surface area contributed by atoms with Crippen LogP contribution in [0.1, 0.15) is 31.4 Å². The molecule has 3 unspecified atom stereocenters. The number of hydrogen-bond donors (Lipinski definition) is 2. The van der Waals surface area contributed by atoms with Crippen LogP contribution in [-0.2, 0) is 21.4 Å². The second-order valence-electron chi connectivity index (χ2n) is 6.59. The number of aryl methyl sites for hydroxylation is 2. The highest BCUT2D eigenvalue weighted by Crippen LogP contribution is 2.35. The van der Waals surface area contributed by atoms with Gasteiger partial charge in [-0.1, -0.05) is 0 Å². The van der Waals surface area contributed by atoms with Crippen molar-refractivity contribution in [3.8, 4) is 0 Å².